The van der Waals surface area contributed by atoms with Crippen molar-refractivity contribution in [1.82, 2.24) is 0 Å². The second-order valence-electron chi connectivity index (χ2n) is 6.56. The maximum atomic E-state index is 14.5. The Hall–Kier alpha value is -2.52. The summed E-state index contributed by atoms with van der Waals surface area (Å²) in [6.07, 6.45) is -39.9. The third-order valence-corrected chi connectivity index (χ3v) is 4.95. The second-order valence-corrected chi connectivity index (χ2v) is 7.98. The molecule has 1 aromatic rings. The van der Waals surface area contributed by atoms with E-state index >= 15 is 0 Å². The smallest absolute Gasteiger partial charge is 0.449 e. The molecule has 0 amide bonds. The van der Waals surface area contributed by atoms with Gasteiger partial charge < -0.3 is 4.74 Å². The Labute approximate surface area is 192 Å². The predicted molar refractivity (Wildman–Crippen MR) is 81.9 cm³/mol. The van der Waals surface area contributed by atoms with Gasteiger partial charge in [-0.25, -0.2) is 8.78 Å². The van der Waals surface area contributed by atoms with Crippen LogP contribution in [0.4, 0.5) is 74.6 Å². The van der Waals surface area contributed by atoms with Crippen LogP contribution in [0.3, 0.4) is 0 Å². The van der Waals surface area contributed by atoms with Gasteiger partial charge in [0.05, 0.1) is 10.5 Å². The summed E-state index contributed by atoms with van der Waals surface area (Å²) in [6, 6.07) is -0.585. The van der Waals surface area contributed by atoms with Crippen molar-refractivity contribution < 1.29 is 92.3 Å². The molecule has 214 valence electrons. The third kappa shape index (κ3) is 5.82. The Morgan fingerprint density at radius 2 is 0.892 bits per heavy atom. The van der Waals surface area contributed by atoms with Crippen LogP contribution in [0.25, 0.3) is 0 Å². The van der Waals surface area contributed by atoms with Crippen molar-refractivity contribution in [1.29, 1.82) is 0 Å². The standard InChI is InChI=1S/C15H5F17O4S/c16-9(12(21,22)23,13(24,25)26)7(10(17,14(27,28)29)15(30,31)32)8(11(18,19)20)36-5-1-3-6(4-2-5)37(33,34)35/h1-4H,(H,33,34,35). The van der Waals surface area contributed by atoms with Crippen LogP contribution in [-0.4, -0.2) is 55.2 Å². The van der Waals surface area contributed by atoms with Crippen LogP contribution in [0.15, 0.2) is 40.5 Å². The summed E-state index contributed by atoms with van der Waals surface area (Å²) in [5.41, 5.74) is -22.3. The van der Waals surface area contributed by atoms with Gasteiger partial charge in [-0.2, -0.15) is 74.3 Å². The number of hydrogen-bond acceptors (Lipinski definition) is 3. The molecule has 0 aliphatic heterocycles. The Morgan fingerprint density at radius 3 is 1.11 bits per heavy atom. The van der Waals surface area contributed by atoms with Crippen molar-refractivity contribution in [3.63, 3.8) is 0 Å². The van der Waals surface area contributed by atoms with E-state index in [2.05, 4.69) is 4.74 Å². The number of rotatable bonds is 5. The lowest BCUT2D eigenvalue weighted by molar-refractivity contribution is -0.365. The van der Waals surface area contributed by atoms with Gasteiger partial charge in [0.15, 0.2) is 0 Å². The van der Waals surface area contributed by atoms with E-state index in [-0.39, 0.29) is 24.3 Å². The summed E-state index contributed by atoms with van der Waals surface area (Å²) < 4.78 is 260. The van der Waals surface area contributed by atoms with Gasteiger partial charge in [-0.05, 0) is 24.3 Å². The van der Waals surface area contributed by atoms with Crippen LogP contribution < -0.4 is 4.74 Å². The number of hydrogen-bond donors (Lipinski definition) is 1. The first-order chi connectivity index (χ1) is 15.9. The zero-order chi connectivity index (χ0) is 29.8. The molecule has 1 rings (SSSR count). The summed E-state index contributed by atoms with van der Waals surface area (Å²) in [5, 5.41) is 0. The van der Waals surface area contributed by atoms with Crippen LogP contribution >= 0.6 is 0 Å². The molecule has 0 atom stereocenters. The minimum atomic E-state index is -8.33. The van der Waals surface area contributed by atoms with Crippen molar-refractivity contribution in [3.05, 3.63) is 35.6 Å². The van der Waals surface area contributed by atoms with Crippen LogP contribution in [0, 0.1) is 0 Å². The van der Waals surface area contributed by atoms with E-state index in [0.29, 0.717) is 0 Å². The summed E-state index contributed by atoms with van der Waals surface area (Å²) >= 11 is 0. The molecule has 1 aromatic carbocycles. The van der Waals surface area contributed by atoms with Gasteiger partial charge in [0.25, 0.3) is 10.1 Å². The molecule has 0 spiro atoms. The molecule has 0 fully saturated rings. The maximum absolute atomic E-state index is 14.5. The Bertz CT molecular complexity index is 1050. The average Bonchev–Trinajstić information content (AvgIpc) is 2.62. The minimum absolute atomic E-state index is 0.0508. The summed E-state index contributed by atoms with van der Waals surface area (Å²) in [4.78, 5) is -1.30. The quantitative estimate of drug-likeness (QED) is 0.229. The molecule has 0 aliphatic rings. The van der Waals surface area contributed by atoms with E-state index < -0.39 is 74.3 Å². The van der Waals surface area contributed by atoms with E-state index in [1.54, 1.807) is 0 Å². The van der Waals surface area contributed by atoms with Gasteiger partial charge in [-0.1, -0.05) is 0 Å². The van der Waals surface area contributed by atoms with Crippen LogP contribution in [-0.2, 0) is 10.1 Å². The van der Waals surface area contributed by atoms with Crippen LogP contribution in [0.5, 0.6) is 5.75 Å². The van der Waals surface area contributed by atoms with E-state index in [1.165, 1.54) is 0 Å². The van der Waals surface area contributed by atoms with Crippen LogP contribution in [0.2, 0.25) is 0 Å². The minimum Gasteiger partial charge on any atom is -0.452 e. The summed E-state index contributed by atoms with van der Waals surface area (Å²) in [5.74, 6) is -6.70. The molecule has 37 heavy (non-hydrogen) atoms. The fourth-order valence-corrected chi connectivity index (χ4v) is 2.97. The number of ether oxygens (including phenoxy) is 1. The first kappa shape index (κ1) is 32.5. The topological polar surface area (TPSA) is 63.6 Å². The van der Waals surface area contributed by atoms with E-state index in [9.17, 15) is 83.1 Å². The summed E-state index contributed by atoms with van der Waals surface area (Å²) in [7, 11) is -5.22. The molecule has 0 bridgehead atoms. The van der Waals surface area contributed by atoms with Crippen molar-refractivity contribution >= 4 is 10.1 Å². The molecule has 0 aliphatic carbocycles. The molecule has 0 heterocycles. The molecule has 1 N–H and O–H groups in total. The largest absolute Gasteiger partial charge is 0.452 e. The lowest BCUT2D eigenvalue weighted by Crippen LogP contribution is -2.67. The summed E-state index contributed by atoms with van der Waals surface area (Å²) in [6.45, 7) is 0. The molecule has 0 aromatic heterocycles. The van der Waals surface area contributed by atoms with Crippen molar-refractivity contribution in [2.75, 3.05) is 0 Å². The molecule has 0 saturated carbocycles. The highest BCUT2D eigenvalue weighted by molar-refractivity contribution is 7.85. The van der Waals surface area contributed by atoms with Crippen molar-refractivity contribution in [3.8, 4) is 5.75 Å². The molecular weight excluding hydrogens is 599 g/mol. The molecular formula is C15H5F17O4S. The van der Waals surface area contributed by atoms with Gasteiger partial charge in [0.2, 0.25) is 5.76 Å². The van der Waals surface area contributed by atoms with Crippen molar-refractivity contribution in [2.24, 2.45) is 0 Å². The first-order valence-corrected chi connectivity index (χ1v) is 9.60. The zero-order valence-electron chi connectivity index (χ0n) is 16.3. The van der Waals surface area contributed by atoms with Crippen LogP contribution in [0.1, 0.15) is 0 Å². The number of halogens is 17. The van der Waals surface area contributed by atoms with Crippen molar-refractivity contribution in [2.45, 2.75) is 47.1 Å². The highest BCUT2D eigenvalue weighted by atomic mass is 32.2. The second kappa shape index (κ2) is 9.05. The molecule has 4 nitrogen and oxygen atoms in total. The van der Waals surface area contributed by atoms with Gasteiger partial charge in [-0.3, -0.25) is 4.55 Å². The molecule has 0 radical (unpaired) electrons. The highest BCUT2D eigenvalue weighted by Gasteiger charge is 2.88. The van der Waals surface area contributed by atoms with E-state index in [0.717, 1.165) is 0 Å². The third-order valence-electron chi connectivity index (χ3n) is 4.08. The first-order valence-electron chi connectivity index (χ1n) is 8.16. The fraction of sp³-hybridized carbons (Fsp3) is 0.467. The molecule has 22 heteroatoms. The predicted octanol–water partition coefficient (Wildman–Crippen LogP) is 6.79. The number of alkyl halides is 17. The Morgan fingerprint density at radius 1 is 0.595 bits per heavy atom. The van der Waals surface area contributed by atoms with E-state index in [1.807, 2.05) is 0 Å². The Kier molecular flexibility index (Phi) is 7.95. The Balaban J connectivity index is 4.45. The fourth-order valence-electron chi connectivity index (χ4n) is 2.49. The normalized spacial score (nSPS) is 15.0. The lowest BCUT2D eigenvalue weighted by Gasteiger charge is -2.41. The average molecular weight is 604 g/mol. The monoisotopic (exact) mass is 604 g/mol. The van der Waals surface area contributed by atoms with E-state index in [4.69, 9.17) is 4.55 Å². The van der Waals surface area contributed by atoms with Gasteiger partial charge in [0.1, 0.15) is 5.75 Å². The SMILES string of the molecule is O=S(=O)(O)c1ccc(OC(=C(C(F)(C(F)(F)F)C(F)(F)F)C(F)(C(F)(F)F)C(F)(F)F)C(F)(F)F)cc1. The molecule has 0 saturated heterocycles. The molecule has 0 unspecified atom stereocenters. The maximum Gasteiger partial charge on any atom is 0.449 e. The van der Waals surface area contributed by atoms with Gasteiger partial charge in [0, 0.05) is 0 Å². The van der Waals surface area contributed by atoms with Gasteiger partial charge in [-0.15, -0.1) is 0 Å². The zero-order valence-corrected chi connectivity index (χ0v) is 17.1. The number of benzene rings is 1. The highest BCUT2D eigenvalue weighted by Crippen LogP contribution is 2.63. The number of allylic oxidation sites excluding steroid dienone is 2. The lowest BCUT2D eigenvalue weighted by atomic mass is 9.79. The van der Waals surface area contributed by atoms with Gasteiger partial charge >= 0.3 is 42.2 Å².